The maximum atomic E-state index is 13.0. The van der Waals surface area contributed by atoms with Crippen LogP contribution < -0.4 is 5.32 Å². The van der Waals surface area contributed by atoms with E-state index in [1.165, 1.54) is 0 Å². The van der Waals surface area contributed by atoms with Crippen LogP contribution in [0.25, 0.3) is 21.8 Å². The largest absolute Gasteiger partial charge is 0.319 e. The standard InChI is InChI=1S/C21H18N4O.ClH/c26-21(20-15-9-3-6-12-18(15)24-25-20)23-19-13-7-1-4-10-16(13)22-17-11-5-2-8-14(17)19;/h1-2,4-5,7-8,10-11H,3,6,9,12H2,(H,24,25)(H,22,23,26);1H. The highest BCUT2D eigenvalue weighted by Crippen LogP contribution is 2.31. The van der Waals surface area contributed by atoms with Crippen molar-refractivity contribution in [1.82, 2.24) is 15.2 Å². The van der Waals surface area contributed by atoms with E-state index in [1.54, 1.807) is 0 Å². The van der Waals surface area contributed by atoms with Gasteiger partial charge in [0.25, 0.3) is 5.91 Å². The van der Waals surface area contributed by atoms with Gasteiger partial charge in [-0.15, -0.1) is 12.4 Å². The van der Waals surface area contributed by atoms with Crippen molar-refractivity contribution in [2.75, 3.05) is 5.32 Å². The molecule has 27 heavy (non-hydrogen) atoms. The molecule has 2 aromatic heterocycles. The molecule has 1 amide bonds. The maximum Gasteiger partial charge on any atom is 0.276 e. The second-order valence-electron chi connectivity index (χ2n) is 6.71. The molecule has 0 atom stereocenters. The molecule has 0 aliphatic heterocycles. The highest BCUT2D eigenvalue weighted by Gasteiger charge is 2.22. The smallest absolute Gasteiger partial charge is 0.276 e. The molecule has 0 bridgehead atoms. The molecule has 4 aromatic rings. The minimum atomic E-state index is -0.161. The molecule has 1 aliphatic carbocycles. The van der Waals surface area contributed by atoms with E-state index in [0.717, 1.165) is 64.4 Å². The van der Waals surface area contributed by atoms with Gasteiger partial charge in [0.2, 0.25) is 0 Å². The lowest BCUT2D eigenvalue weighted by atomic mass is 9.95. The van der Waals surface area contributed by atoms with Crippen LogP contribution in [0.1, 0.15) is 34.6 Å². The normalized spacial score (nSPS) is 13.2. The number of rotatable bonds is 2. The Hall–Kier alpha value is -2.92. The summed E-state index contributed by atoms with van der Waals surface area (Å²) in [5.41, 5.74) is 5.21. The van der Waals surface area contributed by atoms with Gasteiger partial charge in [0, 0.05) is 22.0 Å². The van der Waals surface area contributed by atoms with Gasteiger partial charge in [-0.3, -0.25) is 9.89 Å². The van der Waals surface area contributed by atoms with Gasteiger partial charge in [0.05, 0.1) is 16.7 Å². The Balaban J connectivity index is 0.00000180. The van der Waals surface area contributed by atoms with E-state index in [2.05, 4.69) is 15.5 Å². The van der Waals surface area contributed by atoms with Gasteiger partial charge in [-0.2, -0.15) is 5.10 Å². The summed E-state index contributed by atoms with van der Waals surface area (Å²) in [5.74, 6) is -0.161. The molecule has 0 saturated heterocycles. The maximum absolute atomic E-state index is 13.0. The summed E-state index contributed by atoms with van der Waals surface area (Å²) in [5, 5.41) is 12.3. The molecule has 0 fully saturated rings. The second-order valence-corrected chi connectivity index (χ2v) is 6.71. The predicted molar refractivity (Wildman–Crippen MR) is 110 cm³/mol. The van der Waals surface area contributed by atoms with Crippen LogP contribution in [0.2, 0.25) is 0 Å². The Morgan fingerprint density at radius 1 is 0.926 bits per heavy atom. The minimum Gasteiger partial charge on any atom is -0.319 e. The monoisotopic (exact) mass is 378 g/mol. The minimum absolute atomic E-state index is 0. The van der Waals surface area contributed by atoms with Crippen LogP contribution in [0.15, 0.2) is 48.5 Å². The zero-order valence-corrected chi connectivity index (χ0v) is 15.5. The summed E-state index contributed by atoms with van der Waals surface area (Å²) in [6.07, 6.45) is 4.13. The molecule has 2 aromatic carbocycles. The number of H-pyrrole nitrogens is 1. The number of hydrogen-bond donors (Lipinski definition) is 2. The number of carbonyl (C=O) groups excluding carboxylic acids is 1. The average molecular weight is 379 g/mol. The molecule has 1 aliphatic rings. The molecule has 136 valence electrons. The Labute approximate surface area is 162 Å². The molecule has 2 heterocycles. The van der Waals surface area contributed by atoms with Crippen molar-refractivity contribution >= 4 is 45.8 Å². The summed E-state index contributed by atoms with van der Waals surface area (Å²) in [4.78, 5) is 17.7. The van der Waals surface area contributed by atoms with Gasteiger partial charge in [0.15, 0.2) is 5.69 Å². The number of pyridine rings is 1. The highest BCUT2D eigenvalue weighted by atomic mass is 35.5. The summed E-state index contributed by atoms with van der Waals surface area (Å²) >= 11 is 0. The second kappa shape index (κ2) is 7.00. The Morgan fingerprint density at radius 3 is 2.26 bits per heavy atom. The number of carbonyl (C=O) groups is 1. The fraction of sp³-hybridized carbons (Fsp3) is 0.190. The number of hydrogen-bond acceptors (Lipinski definition) is 3. The molecule has 0 saturated carbocycles. The number of amides is 1. The van der Waals surface area contributed by atoms with Crippen molar-refractivity contribution < 1.29 is 4.79 Å². The molecule has 0 spiro atoms. The first-order valence-electron chi connectivity index (χ1n) is 8.96. The molecule has 0 radical (unpaired) electrons. The SMILES string of the molecule is Cl.O=C(Nc1c2ccccc2nc2ccccc12)c1n[nH]c2c1CCCC2. The van der Waals surface area contributed by atoms with Crippen LogP contribution in [0.3, 0.4) is 0 Å². The van der Waals surface area contributed by atoms with Crippen molar-refractivity contribution in [3.05, 3.63) is 65.5 Å². The van der Waals surface area contributed by atoms with Crippen molar-refractivity contribution in [3.63, 3.8) is 0 Å². The summed E-state index contributed by atoms with van der Waals surface area (Å²) < 4.78 is 0. The Kier molecular flexibility index (Phi) is 4.54. The lowest BCUT2D eigenvalue weighted by molar-refractivity contribution is 0.102. The number of fused-ring (bicyclic) bond motifs is 3. The summed E-state index contributed by atoms with van der Waals surface area (Å²) in [7, 11) is 0. The Morgan fingerprint density at radius 2 is 1.56 bits per heavy atom. The molecule has 5 nitrogen and oxygen atoms in total. The topological polar surface area (TPSA) is 70.7 Å². The van der Waals surface area contributed by atoms with Gasteiger partial charge in [-0.1, -0.05) is 36.4 Å². The van der Waals surface area contributed by atoms with Crippen molar-refractivity contribution in [2.45, 2.75) is 25.7 Å². The molecular formula is C21H19ClN4O. The van der Waals surface area contributed by atoms with Crippen molar-refractivity contribution in [1.29, 1.82) is 0 Å². The summed E-state index contributed by atoms with van der Waals surface area (Å²) in [6.45, 7) is 0. The number of nitrogens with one attached hydrogen (secondary N) is 2. The van der Waals surface area contributed by atoms with E-state index in [4.69, 9.17) is 4.98 Å². The average Bonchev–Trinajstić information content (AvgIpc) is 3.12. The third-order valence-corrected chi connectivity index (χ3v) is 5.10. The molecule has 0 unspecified atom stereocenters. The first kappa shape index (κ1) is 17.5. The number of aryl methyl sites for hydroxylation is 1. The number of benzene rings is 2. The lowest BCUT2D eigenvalue weighted by Gasteiger charge is -2.13. The Bertz CT molecular complexity index is 1100. The van der Waals surface area contributed by atoms with Crippen LogP contribution in [-0.2, 0) is 12.8 Å². The molecule has 5 rings (SSSR count). The van der Waals surface area contributed by atoms with E-state index in [0.29, 0.717) is 5.69 Å². The van der Waals surface area contributed by atoms with E-state index in [9.17, 15) is 4.79 Å². The first-order valence-corrected chi connectivity index (χ1v) is 8.96. The van der Waals surface area contributed by atoms with Crippen LogP contribution in [0.4, 0.5) is 5.69 Å². The zero-order chi connectivity index (χ0) is 17.5. The van der Waals surface area contributed by atoms with Gasteiger partial charge in [-0.25, -0.2) is 4.98 Å². The van der Waals surface area contributed by atoms with Gasteiger partial charge < -0.3 is 5.32 Å². The predicted octanol–water partition coefficient (Wildman–Crippen LogP) is 4.66. The van der Waals surface area contributed by atoms with E-state index in [-0.39, 0.29) is 18.3 Å². The fourth-order valence-corrected chi connectivity index (χ4v) is 3.82. The summed E-state index contributed by atoms with van der Waals surface area (Å²) in [6, 6.07) is 15.8. The number of halogens is 1. The van der Waals surface area contributed by atoms with Gasteiger partial charge in [0.1, 0.15) is 0 Å². The third kappa shape index (κ3) is 2.94. The van der Waals surface area contributed by atoms with Crippen LogP contribution in [0, 0.1) is 0 Å². The number of nitrogens with zero attached hydrogens (tertiary/aromatic N) is 2. The highest BCUT2D eigenvalue weighted by molar-refractivity contribution is 6.16. The quantitative estimate of drug-likeness (QED) is 0.498. The van der Waals surface area contributed by atoms with E-state index in [1.807, 2.05) is 48.5 Å². The van der Waals surface area contributed by atoms with Crippen LogP contribution in [0.5, 0.6) is 0 Å². The van der Waals surface area contributed by atoms with Gasteiger partial charge >= 0.3 is 0 Å². The number of aromatic amines is 1. The molecule has 6 heteroatoms. The zero-order valence-electron chi connectivity index (χ0n) is 14.7. The van der Waals surface area contributed by atoms with Crippen molar-refractivity contribution in [2.24, 2.45) is 0 Å². The van der Waals surface area contributed by atoms with Crippen LogP contribution in [-0.4, -0.2) is 21.1 Å². The molecular weight excluding hydrogens is 360 g/mol. The molecule has 2 N–H and O–H groups in total. The van der Waals surface area contributed by atoms with Crippen molar-refractivity contribution in [3.8, 4) is 0 Å². The number of aromatic nitrogens is 3. The van der Waals surface area contributed by atoms with E-state index < -0.39 is 0 Å². The lowest BCUT2D eigenvalue weighted by Crippen LogP contribution is -2.16. The van der Waals surface area contributed by atoms with E-state index >= 15 is 0 Å². The first-order chi connectivity index (χ1) is 12.8. The third-order valence-electron chi connectivity index (χ3n) is 5.10. The van der Waals surface area contributed by atoms with Gasteiger partial charge in [-0.05, 0) is 37.8 Å². The number of para-hydroxylation sites is 2. The number of anilines is 1. The fourth-order valence-electron chi connectivity index (χ4n) is 3.82. The van der Waals surface area contributed by atoms with Crippen LogP contribution >= 0.6 is 12.4 Å².